The van der Waals surface area contributed by atoms with Crippen LogP contribution in [0.5, 0.6) is 0 Å². The highest BCUT2D eigenvalue weighted by atomic mass is 32.1. The van der Waals surface area contributed by atoms with Crippen molar-refractivity contribution >= 4 is 34.7 Å². The molecule has 6 nitrogen and oxygen atoms in total. The van der Waals surface area contributed by atoms with E-state index in [9.17, 15) is 14.4 Å². The monoisotopic (exact) mass is 346 g/mol. The average Bonchev–Trinajstić information content (AvgIpc) is 2.86. The van der Waals surface area contributed by atoms with Crippen molar-refractivity contribution in [3.05, 3.63) is 45.4 Å². The van der Waals surface area contributed by atoms with E-state index in [2.05, 4.69) is 10.3 Å². The Labute approximate surface area is 143 Å². The Morgan fingerprint density at radius 3 is 2.46 bits per heavy atom. The summed E-state index contributed by atoms with van der Waals surface area (Å²) < 4.78 is 5.20. The van der Waals surface area contributed by atoms with Crippen molar-refractivity contribution in [2.45, 2.75) is 33.8 Å². The van der Waals surface area contributed by atoms with Crippen LogP contribution in [0.3, 0.4) is 0 Å². The molecule has 0 bridgehead atoms. The normalized spacial score (nSPS) is 11.7. The highest BCUT2D eigenvalue weighted by Crippen LogP contribution is 2.20. The van der Waals surface area contributed by atoms with Crippen molar-refractivity contribution in [3.63, 3.8) is 0 Å². The zero-order valence-corrected chi connectivity index (χ0v) is 14.7. The number of hydrogen-bond acceptors (Lipinski definition) is 6. The lowest BCUT2D eigenvalue weighted by molar-refractivity contribution is -0.123. The molecular formula is C17H18N2O4S. The molecule has 126 valence electrons. The van der Waals surface area contributed by atoms with Crippen molar-refractivity contribution in [2.24, 2.45) is 0 Å². The van der Waals surface area contributed by atoms with Gasteiger partial charge in [0.1, 0.15) is 4.88 Å². The van der Waals surface area contributed by atoms with Crippen molar-refractivity contribution in [2.75, 3.05) is 5.32 Å². The van der Waals surface area contributed by atoms with E-state index < -0.39 is 18.0 Å². The number of para-hydroxylation sites is 1. The molecule has 1 amide bonds. The predicted octanol–water partition coefficient (Wildman–Crippen LogP) is 3.15. The number of benzene rings is 1. The summed E-state index contributed by atoms with van der Waals surface area (Å²) in [6.45, 7) is 6.41. The van der Waals surface area contributed by atoms with Gasteiger partial charge in [-0.15, -0.1) is 11.3 Å². The highest BCUT2D eigenvalue weighted by molar-refractivity contribution is 7.13. The van der Waals surface area contributed by atoms with Gasteiger partial charge in [0.2, 0.25) is 0 Å². The molecule has 0 fully saturated rings. The maximum absolute atomic E-state index is 12.2. The number of ether oxygens (including phenoxy) is 1. The van der Waals surface area contributed by atoms with Gasteiger partial charge in [-0.3, -0.25) is 9.59 Å². The molecular weight excluding hydrogens is 328 g/mol. The molecule has 1 aromatic heterocycles. The SMILES string of the molecule is CC(=O)c1ccccc1NC(=O)[C@@H](C)OC(=O)c1sc(C)nc1C. The van der Waals surface area contributed by atoms with Gasteiger partial charge in [-0.25, -0.2) is 9.78 Å². The van der Waals surface area contributed by atoms with E-state index in [1.807, 2.05) is 0 Å². The standard InChI is InChI=1S/C17H18N2O4S/c1-9-15(24-12(4)18-9)17(22)23-11(3)16(21)19-14-8-6-5-7-13(14)10(2)20/h5-8,11H,1-4H3,(H,19,21)/t11-/m1/s1. The van der Waals surface area contributed by atoms with Crippen LogP contribution in [0, 0.1) is 13.8 Å². The molecule has 1 N–H and O–H groups in total. The maximum Gasteiger partial charge on any atom is 0.351 e. The largest absolute Gasteiger partial charge is 0.448 e. The number of ketones is 1. The van der Waals surface area contributed by atoms with Gasteiger partial charge in [-0.1, -0.05) is 12.1 Å². The lowest BCUT2D eigenvalue weighted by Gasteiger charge is -2.14. The molecule has 2 rings (SSSR count). The summed E-state index contributed by atoms with van der Waals surface area (Å²) in [6, 6.07) is 6.67. The minimum absolute atomic E-state index is 0.161. The Bertz CT molecular complexity index is 798. The summed E-state index contributed by atoms with van der Waals surface area (Å²) in [7, 11) is 0. The molecule has 0 unspecified atom stereocenters. The van der Waals surface area contributed by atoms with E-state index in [1.165, 1.54) is 25.2 Å². The number of rotatable bonds is 5. The Balaban J connectivity index is 2.06. The number of nitrogens with one attached hydrogen (secondary N) is 1. The van der Waals surface area contributed by atoms with Crippen molar-refractivity contribution < 1.29 is 19.1 Å². The number of carbonyl (C=O) groups excluding carboxylic acids is 3. The Hall–Kier alpha value is -2.54. The van der Waals surface area contributed by atoms with E-state index >= 15 is 0 Å². The zero-order chi connectivity index (χ0) is 17.9. The van der Waals surface area contributed by atoms with Gasteiger partial charge in [-0.05, 0) is 39.8 Å². The third-order valence-electron chi connectivity index (χ3n) is 3.31. The molecule has 0 radical (unpaired) electrons. The van der Waals surface area contributed by atoms with Crippen molar-refractivity contribution in [1.82, 2.24) is 4.98 Å². The fourth-order valence-corrected chi connectivity index (χ4v) is 2.92. The molecule has 7 heteroatoms. The number of esters is 1. The Morgan fingerprint density at radius 1 is 1.21 bits per heavy atom. The van der Waals surface area contributed by atoms with Gasteiger partial charge < -0.3 is 10.1 Å². The fraction of sp³-hybridized carbons (Fsp3) is 0.294. The van der Waals surface area contributed by atoms with E-state index in [1.54, 1.807) is 38.1 Å². The van der Waals surface area contributed by atoms with E-state index in [4.69, 9.17) is 4.74 Å². The third kappa shape index (κ3) is 4.05. The minimum Gasteiger partial charge on any atom is -0.448 e. The van der Waals surface area contributed by atoms with Gasteiger partial charge >= 0.3 is 5.97 Å². The highest BCUT2D eigenvalue weighted by Gasteiger charge is 2.23. The van der Waals surface area contributed by atoms with E-state index in [0.717, 1.165) is 5.01 Å². The lowest BCUT2D eigenvalue weighted by Crippen LogP contribution is -2.30. The number of amides is 1. The van der Waals surface area contributed by atoms with Crippen molar-refractivity contribution in [1.29, 1.82) is 0 Å². The number of carbonyl (C=O) groups is 3. The molecule has 0 saturated heterocycles. The second kappa shape index (κ2) is 7.35. The van der Waals surface area contributed by atoms with Gasteiger partial charge in [0, 0.05) is 5.56 Å². The van der Waals surface area contributed by atoms with Gasteiger partial charge in [0.05, 0.1) is 16.4 Å². The first kappa shape index (κ1) is 17.8. The summed E-state index contributed by atoms with van der Waals surface area (Å²) in [5.74, 6) is -1.25. The quantitative estimate of drug-likeness (QED) is 0.664. The Kier molecular flexibility index (Phi) is 5.46. The molecule has 24 heavy (non-hydrogen) atoms. The second-order valence-electron chi connectivity index (χ2n) is 5.29. The Morgan fingerprint density at radius 2 is 1.88 bits per heavy atom. The molecule has 1 heterocycles. The van der Waals surface area contributed by atoms with E-state index in [0.29, 0.717) is 21.8 Å². The first-order valence-corrected chi connectivity index (χ1v) is 8.17. The van der Waals surface area contributed by atoms with Crippen LogP contribution in [0.1, 0.15) is 44.6 Å². The summed E-state index contributed by atoms with van der Waals surface area (Å²) in [4.78, 5) is 40.5. The number of aromatic nitrogens is 1. The summed E-state index contributed by atoms with van der Waals surface area (Å²) >= 11 is 1.22. The summed E-state index contributed by atoms with van der Waals surface area (Å²) in [6.07, 6.45) is -1.00. The van der Waals surface area contributed by atoms with Crippen LogP contribution in [0.4, 0.5) is 5.69 Å². The third-order valence-corrected chi connectivity index (χ3v) is 4.36. The molecule has 2 aromatic rings. The number of Topliss-reactive ketones (excluding diaryl/α,β-unsaturated/α-hetero) is 1. The first-order valence-electron chi connectivity index (χ1n) is 7.35. The van der Waals surface area contributed by atoms with Crippen LogP contribution < -0.4 is 5.32 Å². The number of anilines is 1. The van der Waals surface area contributed by atoms with Crippen molar-refractivity contribution in [3.8, 4) is 0 Å². The first-order chi connectivity index (χ1) is 11.3. The van der Waals surface area contributed by atoms with Gasteiger partial charge in [0.15, 0.2) is 11.9 Å². The topological polar surface area (TPSA) is 85.4 Å². The molecule has 1 atom stereocenters. The molecule has 0 spiro atoms. The van der Waals surface area contributed by atoms with Crippen LogP contribution >= 0.6 is 11.3 Å². The van der Waals surface area contributed by atoms with Crippen LogP contribution in [0.25, 0.3) is 0 Å². The molecule has 0 saturated carbocycles. The van der Waals surface area contributed by atoms with Crippen LogP contribution in [0.15, 0.2) is 24.3 Å². The molecule has 0 aliphatic rings. The summed E-state index contributed by atoms with van der Waals surface area (Å²) in [5.41, 5.74) is 1.37. The summed E-state index contributed by atoms with van der Waals surface area (Å²) in [5, 5.41) is 3.38. The smallest absolute Gasteiger partial charge is 0.351 e. The maximum atomic E-state index is 12.2. The average molecular weight is 346 g/mol. The number of thiazole rings is 1. The fourth-order valence-electron chi connectivity index (χ4n) is 2.12. The second-order valence-corrected chi connectivity index (χ2v) is 6.49. The number of aryl methyl sites for hydroxylation is 2. The van der Waals surface area contributed by atoms with Gasteiger partial charge in [-0.2, -0.15) is 0 Å². The zero-order valence-electron chi connectivity index (χ0n) is 13.9. The van der Waals surface area contributed by atoms with Crippen LogP contribution in [-0.2, 0) is 9.53 Å². The number of hydrogen-bond donors (Lipinski definition) is 1. The van der Waals surface area contributed by atoms with Crippen LogP contribution in [0.2, 0.25) is 0 Å². The molecule has 1 aromatic carbocycles. The lowest BCUT2D eigenvalue weighted by atomic mass is 10.1. The van der Waals surface area contributed by atoms with Crippen LogP contribution in [-0.4, -0.2) is 28.7 Å². The molecule has 0 aliphatic heterocycles. The minimum atomic E-state index is -1.00. The molecule has 0 aliphatic carbocycles. The predicted molar refractivity (Wildman–Crippen MR) is 91.5 cm³/mol. The van der Waals surface area contributed by atoms with Gasteiger partial charge in [0.25, 0.3) is 5.91 Å². The number of nitrogens with zero attached hydrogens (tertiary/aromatic N) is 1. The van der Waals surface area contributed by atoms with E-state index in [-0.39, 0.29) is 5.78 Å².